The van der Waals surface area contributed by atoms with E-state index in [4.69, 9.17) is 9.57 Å². The van der Waals surface area contributed by atoms with Crippen molar-refractivity contribution < 1.29 is 14.4 Å². The monoisotopic (exact) mass is 192 g/mol. The van der Waals surface area contributed by atoms with Crippen LogP contribution in [0.3, 0.4) is 0 Å². The van der Waals surface area contributed by atoms with Crippen LogP contribution in [0.4, 0.5) is 0 Å². The summed E-state index contributed by atoms with van der Waals surface area (Å²) in [6.45, 7) is 3.79. The maximum Gasteiger partial charge on any atom is 0.286 e. The molecule has 0 bridgehead atoms. The van der Waals surface area contributed by atoms with Gasteiger partial charge in [-0.05, 0) is 13.0 Å². The van der Waals surface area contributed by atoms with Gasteiger partial charge in [0, 0.05) is 12.2 Å². The topological polar surface area (TPSA) is 47.6 Å². The Morgan fingerprint density at radius 2 is 2.29 bits per heavy atom. The number of rotatable bonds is 2. The first-order chi connectivity index (χ1) is 6.83. The summed E-state index contributed by atoms with van der Waals surface area (Å²) in [6, 6.07) is 7.24. The fourth-order valence-electron chi connectivity index (χ4n) is 1.37. The van der Waals surface area contributed by atoms with Gasteiger partial charge in [0.15, 0.2) is 11.9 Å². The van der Waals surface area contributed by atoms with E-state index in [1.807, 2.05) is 12.1 Å². The zero-order valence-electron chi connectivity index (χ0n) is 7.53. The lowest BCUT2D eigenvalue weighted by Gasteiger charge is -2.24. The van der Waals surface area contributed by atoms with Crippen LogP contribution in [0.2, 0.25) is 0 Å². The molecule has 1 aliphatic rings. The van der Waals surface area contributed by atoms with Crippen LogP contribution in [0, 0.1) is 6.92 Å². The molecule has 0 aromatic heterocycles. The van der Waals surface area contributed by atoms with E-state index >= 15 is 0 Å². The maximum atomic E-state index is 11.4. The maximum absolute atomic E-state index is 11.4. The van der Waals surface area contributed by atoms with Gasteiger partial charge in [-0.25, -0.2) is 0 Å². The average molecular weight is 192 g/mol. The molecule has 1 aliphatic heterocycles. The van der Waals surface area contributed by atoms with Gasteiger partial charge in [-0.1, -0.05) is 18.2 Å². The van der Waals surface area contributed by atoms with Crippen LogP contribution in [-0.2, 0) is 9.53 Å². The van der Waals surface area contributed by atoms with Gasteiger partial charge in [0.05, 0.1) is 0 Å². The van der Waals surface area contributed by atoms with Crippen LogP contribution in [0.1, 0.15) is 11.7 Å². The van der Waals surface area contributed by atoms with Crippen molar-refractivity contribution in [1.82, 2.24) is 5.48 Å². The molecule has 1 N–H and O–H groups in total. The molecule has 2 rings (SSSR count). The number of carbonyl (C=O) groups excluding carboxylic acids is 1. The normalized spacial score (nSPS) is 19.5. The van der Waals surface area contributed by atoms with Crippen LogP contribution in [-0.4, -0.2) is 12.5 Å². The fourth-order valence-corrected chi connectivity index (χ4v) is 1.37. The minimum Gasteiger partial charge on any atom is -0.379 e. The summed E-state index contributed by atoms with van der Waals surface area (Å²) < 4.78 is 5.22. The summed E-state index contributed by atoms with van der Waals surface area (Å²) in [6.07, 6.45) is -0.613. The Hall–Kier alpha value is -1.55. The zero-order chi connectivity index (χ0) is 9.97. The van der Waals surface area contributed by atoms with Crippen LogP contribution in [0.25, 0.3) is 0 Å². The molecule has 73 valence electrons. The molecule has 4 nitrogen and oxygen atoms in total. The van der Waals surface area contributed by atoms with E-state index in [1.54, 1.807) is 12.1 Å². The Balaban J connectivity index is 2.36. The van der Waals surface area contributed by atoms with Gasteiger partial charge in [-0.2, -0.15) is 5.48 Å². The smallest absolute Gasteiger partial charge is 0.286 e. The van der Waals surface area contributed by atoms with Crippen LogP contribution < -0.4 is 10.3 Å². The van der Waals surface area contributed by atoms with Gasteiger partial charge in [0.2, 0.25) is 0 Å². The number of nitrogens with one attached hydrogen (secondary N) is 1. The molecule has 1 aromatic rings. The van der Waals surface area contributed by atoms with Crippen LogP contribution in [0.5, 0.6) is 5.75 Å². The van der Waals surface area contributed by atoms with E-state index < -0.39 is 6.10 Å². The van der Waals surface area contributed by atoms with Crippen LogP contribution >= 0.6 is 0 Å². The first-order valence-electron chi connectivity index (χ1n) is 4.29. The molecule has 1 unspecified atom stereocenters. The number of ether oxygens (including phenoxy) is 1. The van der Waals surface area contributed by atoms with E-state index in [1.165, 1.54) is 0 Å². The Labute approximate surface area is 81.8 Å². The lowest BCUT2D eigenvalue weighted by atomic mass is 10.1. The van der Waals surface area contributed by atoms with Gasteiger partial charge >= 0.3 is 0 Å². The Morgan fingerprint density at radius 1 is 1.50 bits per heavy atom. The van der Waals surface area contributed by atoms with Crippen molar-refractivity contribution >= 4 is 5.91 Å². The number of carbonyl (C=O) groups is 1. The van der Waals surface area contributed by atoms with E-state index in [2.05, 4.69) is 12.4 Å². The molecule has 1 amide bonds. The highest BCUT2D eigenvalue weighted by Gasteiger charge is 2.29. The molecule has 0 aliphatic carbocycles. The molecule has 0 saturated carbocycles. The molecule has 1 atom stereocenters. The van der Waals surface area contributed by atoms with Crippen LogP contribution in [0.15, 0.2) is 24.3 Å². The minimum absolute atomic E-state index is 0.242. The number of amides is 1. The fraction of sp³-hybridized carbons (Fsp3) is 0.200. The molecule has 0 fully saturated rings. The highest BCUT2D eigenvalue weighted by molar-refractivity contribution is 5.83. The third-order valence-corrected chi connectivity index (χ3v) is 1.99. The highest BCUT2D eigenvalue weighted by atomic mass is 16.7. The average Bonchev–Trinajstić information content (AvgIpc) is 2.23. The quantitative estimate of drug-likeness (QED) is 0.760. The summed E-state index contributed by atoms with van der Waals surface area (Å²) in [4.78, 5) is 16.4. The summed E-state index contributed by atoms with van der Waals surface area (Å²) in [5.74, 6) is 0.318. The molecular weight excluding hydrogens is 182 g/mol. The molecule has 4 heteroatoms. The second kappa shape index (κ2) is 3.67. The van der Waals surface area contributed by atoms with E-state index in [0.29, 0.717) is 5.75 Å². The number of para-hydroxylation sites is 1. The number of hydrogen-bond acceptors (Lipinski definition) is 3. The summed E-state index contributed by atoms with van der Waals surface area (Å²) >= 11 is 0. The van der Waals surface area contributed by atoms with Gasteiger partial charge in [0.1, 0.15) is 0 Å². The summed E-state index contributed by atoms with van der Waals surface area (Å²) in [5, 5.41) is 0. The Morgan fingerprint density at radius 3 is 3.07 bits per heavy atom. The second-order valence-electron chi connectivity index (χ2n) is 2.86. The first kappa shape index (κ1) is 9.02. The van der Waals surface area contributed by atoms with Crippen molar-refractivity contribution in [1.29, 1.82) is 0 Å². The summed E-state index contributed by atoms with van der Waals surface area (Å²) in [5.41, 5.74) is 3.02. The van der Waals surface area contributed by atoms with Crippen molar-refractivity contribution in [3.63, 3.8) is 0 Å². The molecule has 0 spiro atoms. The highest BCUT2D eigenvalue weighted by Crippen LogP contribution is 2.30. The predicted octanol–water partition coefficient (Wildman–Crippen LogP) is 1.00. The number of hydroxylamine groups is 1. The minimum atomic E-state index is -0.613. The Bertz CT molecular complexity index is 351. The van der Waals surface area contributed by atoms with Crippen molar-refractivity contribution in [3.05, 3.63) is 36.8 Å². The largest absolute Gasteiger partial charge is 0.379 e. The number of benzene rings is 1. The lowest BCUT2D eigenvalue weighted by Crippen LogP contribution is -2.38. The standard InChI is InChI=1S/C10H10NO3/c1-2-13-9-7-5-3-4-6-8(7)14-11-10(9)12/h3-6,9H,1-2H2,(H,11,12). The molecule has 0 saturated heterocycles. The first-order valence-corrected chi connectivity index (χ1v) is 4.29. The van der Waals surface area contributed by atoms with Crippen molar-refractivity contribution in [2.24, 2.45) is 0 Å². The van der Waals surface area contributed by atoms with Crippen molar-refractivity contribution in [3.8, 4) is 5.75 Å². The van der Waals surface area contributed by atoms with Gasteiger partial charge in [-0.15, -0.1) is 0 Å². The predicted molar refractivity (Wildman–Crippen MR) is 49.3 cm³/mol. The molecule has 1 aromatic carbocycles. The van der Waals surface area contributed by atoms with E-state index in [9.17, 15) is 4.79 Å². The van der Waals surface area contributed by atoms with Gasteiger partial charge < -0.3 is 9.57 Å². The van der Waals surface area contributed by atoms with E-state index in [-0.39, 0.29) is 12.5 Å². The lowest BCUT2D eigenvalue weighted by molar-refractivity contribution is -0.142. The number of hydrogen-bond donors (Lipinski definition) is 1. The zero-order valence-corrected chi connectivity index (χ0v) is 7.53. The van der Waals surface area contributed by atoms with Gasteiger partial charge in [0.25, 0.3) is 5.91 Å². The second-order valence-corrected chi connectivity index (χ2v) is 2.86. The third-order valence-electron chi connectivity index (χ3n) is 1.99. The summed E-state index contributed by atoms with van der Waals surface area (Å²) in [7, 11) is 0. The molecule has 14 heavy (non-hydrogen) atoms. The van der Waals surface area contributed by atoms with Gasteiger partial charge in [-0.3, -0.25) is 4.79 Å². The molecular formula is C10H10NO3. The van der Waals surface area contributed by atoms with E-state index in [0.717, 1.165) is 5.56 Å². The van der Waals surface area contributed by atoms with Crippen molar-refractivity contribution in [2.45, 2.75) is 6.10 Å². The van der Waals surface area contributed by atoms with Crippen molar-refractivity contribution in [2.75, 3.05) is 6.61 Å². The SMILES string of the molecule is [CH2]COC1C(=O)NOc2ccccc21. The molecule has 1 radical (unpaired) electrons. The third kappa shape index (κ3) is 1.44. The Kier molecular flexibility index (Phi) is 2.37. The number of fused-ring (bicyclic) bond motifs is 1. The molecule has 1 heterocycles.